The van der Waals surface area contributed by atoms with Crippen molar-refractivity contribution in [2.45, 2.75) is 18.4 Å². The maximum Gasteiger partial charge on any atom is 0.269 e. The molecule has 2 aromatic carbocycles. The number of hydrogen-bond donors (Lipinski definition) is 1. The molecule has 0 saturated heterocycles. The number of nitro groups is 1. The standard InChI is InChI=1S/C18H14Cl2N2O2/c19-15-8-7-14-12-5-2-6-13(12)17(21-18(14)16(15)20)10-3-1-4-11(9-10)22(23)24/h1-5,7-9,12-13,17,21H,6H2. The Balaban J connectivity index is 1.82. The van der Waals surface area contributed by atoms with Crippen LogP contribution in [0, 0.1) is 16.0 Å². The number of anilines is 1. The third-order valence-electron chi connectivity index (χ3n) is 4.87. The van der Waals surface area contributed by atoms with Crippen LogP contribution >= 0.6 is 23.2 Å². The highest BCUT2D eigenvalue weighted by Gasteiger charge is 2.39. The molecule has 3 unspecified atom stereocenters. The second-order valence-electron chi connectivity index (χ2n) is 6.15. The number of nitrogens with zero attached hydrogens (tertiary/aromatic N) is 1. The normalized spacial score (nSPS) is 24.2. The number of halogens is 2. The van der Waals surface area contributed by atoms with Crippen molar-refractivity contribution in [3.8, 4) is 0 Å². The molecule has 2 aliphatic rings. The first-order chi connectivity index (χ1) is 11.6. The second kappa shape index (κ2) is 5.80. The van der Waals surface area contributed by atoms with Gasteiger partial charge in [-0.25, -0.2) is 0 Å². The fourth-order valence-electron chi connectivity index (χ4n) is 3.76. The Kier molecular flexibility index (Phi) is 3.74. The summed E-state index contributed by atoms with van der Waals surface area (Å²) in [6.07, 6.45) is 5.28. The van der Waals surface area contributed by atoms with Gasteiger partial charge in [0.1, 0.15) is 0 Å². The minimum absolute atomic E-state index is 0.0478. The molecule has 0 radical (unpaired) electrons. The van der Waals surface area contributed by atoms with Crippen LogP contribution in [0.1, 0.15) is 29.5 Å². The summed E-state index contributed by atoms with van der Waals surface area (Å²) in [5.41, 5.74) is 2.95. The Hall–Kier alpha value is -2.04. The SMILES string of the molecule is O=[N+]([O-])c1cccc(C2Nc3c(ccc(Cl)c3Cl)C3C=CCC32)c1. The molecule has 0 saturated carbocycles. The molecule has 4 rings (SSSR count). The summed E-state index contributed by atoms with van der Waals surface area (Å²) >= 11 is 12.6. The highest BCUT2D eigenvalue weighted by atomic mass is 35.5. The Bertz CT molecular complexity index is 866. The van der Waals surface area contributed by atoms with Gasteiger partial charge in [-0.1, -0.05) is 53.6 Å². The van der Waals surface area contributed by atoms with E-state index in [0.717, 1.165) is 23.2 Å². The molecule has 0 amide bonds. The molecule has 0 spiro atoms. The molecule has 1 heterocycles. The van der Waals surface area contributed by atoms with Crippen LogP contribution in [-0.4, -0.2) is 4.92 Å². The molecule has 24 heavy (non-hydrogen) atoms. The van der Waals surface area contributed by atoms with E-state index in [4.69, 9.17) is 23.2 Å². The first-order valence-electron chi connectivity index (χ1n) is 7.71. The third-order valence-corrected chi connectivity index (χ3v) is 5.67. The van der Waals surface area contributed by atoms with Gasteiger partial charge >= 0.3 is 0 Å². The van der Waals surface area contributed by atoms with Crippen molar-refractivity contribution < 1.29 is 4.92 Å². The van der Waals surface area contributed by atoms with Crippen LogP contribution in [0.3, 0.4) is 0 Å². The maximum absolute atomic E-state index is 11.1. The molecule has 1 N–H and O–H groups in total. The van der Waals surface area contributed by atoms with E-state index in [9.17, 15) is 10.1 Å². The lowest BCUT2D eigenvalue weighted by atomic mass is 9.77. The van der Waals surface area contributed by atoms with Gasteiger partial charge in [-0.15, -0.1) is 0 Å². The fourth-order valence-corrected chi connectivity index (χ4v) is 4.15. The first kappa shape index (κ1) is 15.5. The predicted octanol–water partition coefficient (Wildman–Crippen LogP) is 5.73. The van der Waals surface area contributed by atoms with Gasteiger partial charge in [-0.3, -0.25) is 10.1 Å². The van der Waals surface area contributed by atoms with Gasteiger partial charge in [0.15, 0.2) is 0 Å². The third kappa shape index (κ3) is 2.38. The van der Waals surface area contributed by atoms with Crippen LogP contribution in [0.15, 0.2) is 48.6 Å². The van der Waals surface area contributed by atoms with Crippen LogP contribution in [0.4, 0.5) is 11.4 Å². The molecule has 0 bridgehead atoms. The van der Waals surface area contributed by atoms with E-state index in [1.807, 2.05) is 18.2 Å². The van der Waals surface area contributed by atoms with Gasteiger partial charge in [0.2, 0.25) is 0 Å². The van der Waals surface area contributed by atoms with Crippen molar-refractivity contribution in [1.82, 2.24) is 0 Å². The van der Waals surface area contributed by atoms with Crippen LogP contribution in [0.5, 0.6) is 0 Å². The Morgan fingerprint density at radius 2 is 2.04 bits per heavy atom. The summed E-state index contributed by atoms with van der Waals surface area (Å²) in [5, 5.41) is 15.6. The molecule has 1 aliphatic heterocycles. The molecule has 6 heteroatoms. The van der Waals surface area contributed by atoms with Gasteiger partial charge < -0.3 is 5.32 Å². The van der Waals surface area contributed by atoms with Gasteiger partial charge in [0.05, 0.1) is 26.7 Å². The summed E-state index contributed by atoms with van der Waals surface area (Å²) in [7, 11) is 0. The van der Waals surface area contributed by atoms with E-state index in [1.54, 1.807) is 12.1 Å². The van der Waals surface area contributed by atoms with E-state index in [0.29, 0.717) is 16.0 Å². The zero-order chi connectivity index (χ0) is 16.8. The highest BCUT2D eigenvalue weighted by molar-refractivity contribution is 6.43. The van der Waals surface area contributed by atoms with Crippen molar-refractivity contribution in [1.29, 1.82) is 0 Å². The number of nitro benzene ring substituents is 1. The minimum atomic E-state index is -0.367. The quantitative estimate of drug-likeness (QED) is 0.422. The van der Waals surface area contributed by atoms with E-state index < -0.39 is 0 Å². The highest BCUT2D eigenvalue weighted by Crippen LogP contribution is 2.52. The van der Waals surface area contributed by atoms with E-state index in [-0.39, 0.29) is 22.6 Å². The average molecular weight is 361 g/mol. The molecular formula is C18H14Cl2N2O2. The van der Waals surface area contributed by atoms with E-state index in [2.05, 4.69) is 17.5 Å². The van der Waals surface area contributed by atoms with Gasteiger partial charge in [-0.05, 0) is 29.5 Å². The summed E-state index contributed by atoms with van der Waals surface area (Å²) in [6, 6.07) is 10.6. The summed E-state index contributed by atoms with van der Waals surface area (Å²) in [4.78, 5) is 10.7. The topological polar surface area (TPSA) is 55.2 Å². The van der Waals surface area contributed by atoms with Crippen molar-refractivity contribution in [2.24, 2.45) is 5.92 Å². The van der Waals surface area contributed by atoms with Crippen molar-refractivity contribution in [3.63, 3.8) is 0 Å². The smallest absolute Gasteiger partial charge is 0.269 e. The van der Waals surface area contributed by atoms with Crippen molar-refractivity contribution >= 4 is 34.6 Å². The lowest BCUT2D eigenvalue weighted by Crippen LogP contribution is -2.29. The second-order valence-corrected chi connectivity index (χ2v) is 6.94. The average Bonchev–Trinajstić information content (AvgIpc) is 3.07. The number of nitrogens with one attached hydrogen (secondary N) is 1. The summed E-state index contributed by atoms with van der Waals surface area (Å²) < 4.78 is 0. The molecule has 0 fully saturated rings. The molecule has 0 aromatic heterocycles. The zero-order valence-corrected chi connectivity index (χ0v) is 14.1. The largest absolute Gasteiger partial charge is 0.376 e. The number of hydrogen-bond acceptors (Lipinski definition) is 3. The molecule has 4 nitrogen and oxygen atoms in total. The molecular weight excluding hydrogens is 347 g/mol. The number of non-ortho nitro benzene ring substituents is 1. The first-order valence-corrected chi connectivity index (χ1v) is 8.47. The number of rotatable bonds is 2. The minimum Gasteiger partial charge on any atom is -0.376 e. The Morgan fingerprint density at radius 3 is 2.83 bits per heavy atom. The lowest BCUT2D eigenvalue weighted by Gasteiger charge is -2.38. The summed E-state index contributed by atoms with van der Waals surface area (Å²) in [6.45, 7) is 0. The number of benzene rings is 2. The van der Waals surface area contributed by atoms with Crippen molar-refractivity contribution in [2.75, 3.05) is 5.32 Å². The monoisotopic (exact) mass is 360 g/mol. The van der Waals surface area contributed by atoms with Gasteiger partial charge in [0.25, 0.3) is 5.69 Å². The molecule has 1 aliphatic carbocycles. The number of allylic oxidation sites excluding steroid dienone is 2. The van der Waals surface area contributed by atoms with Crippen LogP contribution < -0.4 is 5.32 Å². The van der Waals surface area contributed by atoms with Crippen molar-refractivity contribution in [3.05, 3.63) is 79.8 Å². The molecule has 122 valence electrons. The van der Waals surface area contributed by atoms with Gasteiger partial charge in [-0.2, -0.15) is 0 Å². The lowest BCUT2D eigenvalue weighted by molar-refractivity contribution is -0.384. The maximum atomic E-state index is 11.1. The van der Waals surface area contributed by atoms with Crippen LogP contribution in [0.25, 0.3) is 0 Å². The van der Waals surface area contributed by atoms with Crippen LogP contribution in [0.2, 0.25) is 10.0 Å². The predicted molar refractivity (Wildman–Crippen MR) is 95.9 cm³/mol. The summed E-state index contributed by atoms with van der Waals surface area (Å²) in [5.74, 6) is 0.539. The number of fused-ring (bicyclic) bond motifs is 3. The van der Waals surface area contributed by atoms with Crippen LogP contribution in [-0.2, 0) is 0 Å². The Labute approximate surface area is 149 Å². The fraction of sp³-hybridized carbons (Fsp3) is 0.222. The van der Waals surface area contributed by atoms with E-state index in [1.165, 1.54) is 6.07 Å². The Morgan fingerprint density at radius 1 is 1.21 bits per heavy atom. The zero-order valence-electron chi connectivity index (χ0n) is 12.6. The molecule has 3 atom stereocenters. The molecule has 2 aromatic rings. The van der Waals surface area contributed by atoms with E-state index >= 15 is 0 Å². The van der Waals surface area contributed by atoms with Gasteiger partial charge in [0, 0.05) is 18.1 Å².